The van der Waals surface area contributed by atoms with Crippen LogP contribution in [0.1, 0.15) is 46.0 Å². The van der Waals surface area contributed by atoms with Crippen molar-refractivity contribution in [2.45, 2.75) is 64.1 Å². The first kappa shape index (κ1) is 14.5. The molecule has 0 spiro atoms. The summed E-state index contributed by atoms with van der Waals surface area (Å²) in [6.07, 6.45) is 5.86. The minimum absolute atomic E-state index is 0.216. The molecule has 100 valence electrons. The Morgan fingerprint density at radius 1 is 1.41 bits per heavy atom. The van der Waals surface area contributed by atoms with E-state index in [9.17, 15) is 4.79 Å². The first-order chi connectivity index (χ1) is 8.00. The summed E-state index contributed by atoms with van der Waals surface area (Å²) in [4.78, 5) is 13.4. The molecule has 1 aliphatic carbocycles. The van der Waals surface area contributed by atoms with E-state index in [1.807, 2.05) is 13.8 Å². The molecule has 1 unspecified atom stereocenters. The van der Waals surface area contributed by atoms with Gasteiger partial charge in [0.25, 0.3) is 0 Å². The number of nitrogens with zero attached hydrogens (tertiary/aromatic N) is 1. The third kappa shape index (κ3) is 5.04. The average molecular weight is 242 g/mol. The van der Waals surface area contributed by atoms with Crippen LogP contribution in [0.4, 0.5) is 0 Å². The summed E-state index contributed by atoms with van der Waals surface area (Å²) in [5.41, 5.74) is 0. The zero-order valence-electron chi connectivity index (χ0n) is 11.3. The second kappa shape index (κ2) is 6.97. The second-order valence-electron chi connectivity index (χ2n) is 5.42. The van der Waals surface area contributed by atoms with Crippen LogP contribution in [-0.4, -0.2) is 47.7 Å². The number of hydrogen-bond donors (Lipinski definition) is 2. The highest BCUT2D eigenvalue weighted by atomic mass is 16.4. The van der Waals surface area contributed by atoms with Crippen molar-refractivity contribution in [1.82, 2.24) is 10.2 Å². The summed E-state index contributed by atoms with van der Waals surface area (Å²) in [6.45, 7) is 4.83. The lowest BCUT2D eigenvalue weighted by molar-refractivity contribution is -0.140. The van der Waals surface area contributed by atoms with Gasteiger partial charge in [0, 0.05) is 18.6 Å². The fourth-order valence-corrected chi connectivity index (χ4v) is 2.54. The van der Waals surface area contributed by atoms with E-state index in [2.05, 4.69) is 17.3 Å². The molecule has 2 N–H and O–H groups in total. The Balaban J connectivity index is 2.32. The molecule has 1 aliphatic rings. The standard InChI is InChI=1S/C13H26N2O2/c1-10(2)14-12(13(16)17)8-9-15(3)11-6-4-5-7-11/h10-12,14H,4-9H2,1-3H3,(H,16,17). The Morgan fingerprint density at radius 3 is 2.47 bits per heavy atom. The van der Waals surface area contributed by atoms with Gasteiger partial charge in [-0.05, 0) is 26.3 Å². The maximum absolute atomic E-state index is 11.1. The van der Waals surface area contributed by atoms with Gasteiger partial charge in [-0.2, -0.15) is 0 Å². The van der Waals surface area contributed by atoms with Crippen molar-refractivity contribution in [3.63, 3.8) is 0 Å². The van der Waals surface area contributed by atoms with Gasteiger partial charge in [-0.3, -0.25) is 4.79 Å². The van der Waals surface area contributed by atoms with E-state index in [1.54, 1.807) is 0 Å². The Kier molecular flexibility index (Phi) is 5.92. The fraction of sp³-hybridized carbons (Fsp3) is 0.923. The number of carbonyl (C=O) groups is 1. The van der Waals surface area contributed by atoms with Gasteiger partial charge in [-0.1, -0.05) is 26.7 Å². The molecule has 4 heteroatoms. The first-order valence-electron chi connectivity index (χ1n) is 6.69. The topological polar surface area (TPSA) is 52.6 Å². The fourth-order valence-electron chi connectivity index (χ4n) is 2.54. The van der Waals surface area contributed by atoms with E-state index in [1.165, 1.54) is 25.7 Å². The van der Waals surface area contributed by atoms with E-state index in [-0.39, 0.29) is 6.04 Å². The lowest BCUT2D eigenvalue weighted by Crippen LogP contribution is -2.43. The second-order valence-corrected chi connectivity index (χ2v) is 5.42. The zero-order valence-corrected chi connectivity index (χ0v) is 11.3. The van der Waals surface area contributed by atoms with Crippen LogP contribution in [-0.2, 0) is 4.79 Å². The molecule has 0 heterocycles. The van der Waals surface area contributed by atoms with Gasteiger partial charge in [0.15, 0.2) is 0 Å². The van der Waals surface area contributed by atoms with Crippen LogP contribution in [0.25, 0.3) is 0 Å². The number of carboxylic acids is 1. The van der Waals surface area contributed by atoms with Crippen molar-refractivity contribution in [1.29, 1.82) is 0 Å². The van der Waals surface area contributed by atoms with E-state index in [0.29, 0.717) is 12.5 Å². The van der Waals surface area contributed by atoms with Gasteiger partial charge in [0.2, 0.25) is 0 Å². The minimum atomic E-state index is -0.737. The highest BCUT2D eigenvalue weighted by Crippen LogP contribution is 2.22. The van der Waals surface area contributed by atoms with Crippen molar-refractivity contribution in [2.24, 2.45) is 0 Å². The number of aliphatic carboxylic acids is 1. The molecule has 0 radical (unpaired) electrons. The van der Waals surface area contributed by atoms with Gasteiger partial charge in [0.05, 0.1) is 0 Å². The molecule has 0 aromatic carbocycles. The highest BCUT2D eigenvalue weighted by molar-refractivity contribution is 5.73. The summed E-state index contributed by atoms with van der Waals surface area (Å²) in [6, 6.07) is 0.468. The smallest absolute Gasteiger partial charge is 0.320 e. The van der Waals surface area contributed by atoms with E-state index in [4.69, 9.17) is 5.11 Å². The van der Waals surface area contributed by atoms with Gasteiger partial charge in [-0.25, -0.2) is 0 Å². The molecular weight excluding hydrogens is 216 g/mol. The Hall–Kier alpha value is -0.610. The first-order valence-corrected chi connectivity index (χ1v) is 6.69. The molecule has 1 atom stereocenters. The maximum Gasteiger partial charge on any atom is 0.320 e. The van der Waals surface area contributed by atoms with Crippen molar-refractivity contribution in [3.8, 4) is 0 Å². The molecule has 0 bridgehead atoms. The van der Waals surface area contributed by atoms with Gasteiger partial charge < -0.3 is 15.3 Å². The van der Waals surface area contributed by atoms with Crippen LogP contribution in [0.5, 0.6) is 0 Å². The molecule has 1 fully saturated rings. The summed E-state index contributed by atoms with van der Waals surface area (Å²) >= 11 is 0. The van der Waals surface area contributed by atoms with Crippen LogP contribution in [0.2, 0.25) is 0 Å². The predicted molar refractivity (Wildman–Crippen MR) is 69.2 cm³/mol. The molecule has 17 heavy (non-hydrogen) atoms. The molecule has 1 saturated carbocycles. The monoisotopic (exact) mass is 242 g/mol. The molecule has 0 amide bonds. The average Bonchev–Trinajstić information content (AvgIpc) is 2.76. The zero-order chi connectivity index (χ0) is 12.8. The van der Waals surface area contributed by atoms with Gasteiger partial charge in [0.1, 0.15) is 6.04 Å². The van der Waals surface area contributed by atoms with Crippen LogP contribution >= 0.6 is 0 Å². The molecule has 4 nitrogen and oxygen atoms in total. The van der Waals surface area contributed by atoms with Crippen LogP contribution in [0.15, 0.2) is 0 Å². The third-order valence-electron chi connectivity index (χ3n) is 3.55. The van der Waals surface area contributed by atoms with Gasteiger partial charge in [-0.15, -0.1) is 0 Å². The highest BCUT2D eigenvalue weighted by Gasteiger charge is 2.22. The lowest BCUT2D eigenvalue weighted by atomic mass is 10.1. The van der Waals surface area contributed by atoms with E-state index < -0.39 is 12.0 Å². The number of rotatable bonds is 7. The van der Waals surface area contributed by atoms with Crippen molar-refractivity contribution in [2.75, 3.05) is 13.6 Å². The summed E-state index contributed by atoms with van der Waals surface area (Å²) in [7, 11) is 2.12. The Morgan fingerprint density at radius 2 is 2.00 bits per heavy atom. The van der Waals surface area contributed by atoms with E-state index in [0.717, 1.165) is 6.54 Å². The predicted octanol–water partition coefficient (Wildman–Crippen LogP) is 1.70. The van der Waals surface area contributed by atoms with Crippen molar-refractivity contribution >= 4 is 5.97 Å². The molecule has 0 saturated heterocycles. The van der Waals surface area contributed by atoms with Crippen LogP contribution in [0.3, 0.4) is 0 Å². The molecule has 0 aromatic rings. The number of hydrogen-bond acceptors (Lipinski definition) is 3. The normalized spacial score (nSPS) is 19.1. The van der Waals surface area contributed by atoms with Crippen molar-refractivity contribution < 1.29 is 9.90 Å². The maximum atomic E-state index is 11.1. The minimum Gasteiger partial charge on any atom is -0.480 e. The Labute approximate surface area is 104 Å². The summed E-state index contributed by atoms with van der Waals surface area (Å²) in [5, 5.41) is 12.2. The quantitative estimate of drug-likeness (QED) is 0.713. The third-order valence-corrected chi connectivity index (χ3v) is 3.55. The summed E-state index contributed by atoms with van der Waals surface area (Å²) in [5.74, 6) is -0.737. The molecule has 0 aliphatic heterocycles. The largest absolute Gasteiger partial charge is 0.480 e. The lowest BCUT2D eigenvalue weighted by Gasteiger charge is -2.26. The van der Waals surface area contributed by atoms with Crippen LogP contribution in [0, 0.1) is 0 Å². The number of nitrogens with one attached hydrogen (secondary N) is 1. The van der Waals surface area contributed by atoms with E-state index >= 15 is 0 Å². The molecule has 0 aromatic heterocycles. The SMILES string of the molecule is CC(C)NC(CCN(C)C1CCCC1)C(=O)O. The summed E-state index contributed by atoms with van der Waals surface area (Å²) < 4.78 is 0. The van der Waals surface area contributed by atoms with Crippen molar-refractivity contribution in [3.05, 3.63) is 0 Å². The Bertz CT molecular complexity index is 238. The van der Waals surface area contributed by atoms with Gasteiger partial charge >= 0.3 is 5.97 Å². The van der Waals surface area contributed by atoms with Crippen LogP contribution < -0.4 is 5.32 Å². The molecule has 1 rings (SSSR count). The number of carboxylic acid groups (broad SMARTS) is 1. The molecular formula is C13H26N2O2.